The molecule has 0 saturated carbocycles. The van der Waals surface area contributed by atoms with Gasteiger partial charge in [-0.1, -0.05) is 0 Å². The van der Waals surface area contributed by atoms with Crippen molar-refractivity contribution in [2.75, 3.05) is 5.32 Å². The van der Waals surface area contributed by atoms with Crippen molar-refractivity contribution < 1.29 is 32.5 Å². The van der Waals surface area contributed by atoms with E-state index in [1.54, 1.807) is 0 Å². The molecule has 0 aliphatic rings. The van der Waals surface area contributed by atoms with Crippen LogP contribution in [0, 0.1) is 0 Å². The fraction of sp³-hybridized carbons (Fsp3) is 0.214. The van der Waals surface area contributed by atoms with Crippen LogP contribution in [-0.2, 0) is 15.8 Å². The van der Waals surface area contributed by atoms with Gasteiger partial charge in [-0.05, 0) is 0 Å². The van der Waals surface area contributed by atoms with Crippen molar-refractivity contribution in [3.8, 4) is 5.75 Å². The zero-order valence-electron chi connectivity index (χ0n) is 12.1. The number of carbonyl (C=O) groups is 1. The van der Waals surface area contributed by atoms with E-state index in [1.807, 2.05) is 12.1 Å². The summed E-state index contributed by atoms with van der Waals surface area (Å²) in [6, 6.07) is 6.92. The third kappa shape index (κ3) is 6.00. The number of rotatable bonds is 7. The molecule has 130 valence electrons. The molecule has 0 aliphatic carbocycles. The molecule has 0 aliphatic heterocycles. The van der Waals surface area contributed by atoms with E-state index in [9.17, 15) is 27.9 Å². The summed E-state index contributed by atoms with van der Waals surface area (Å²) in [6.45, 7) is 0. The van der Waals surface area contributed by atoms with Gasteiger partial charge in [-0.3, -0.25) is 0 Å². The van der Waals surface area contributed by atoms with Gasteiger partial charge in [0.05, 0.1) is 0 Å². The standard InChI is InChI=1S/C14H14F2NO5PTe/c15-14(16)11-8-9(3-5-12(11)22-23(19,20)21)17-13(18)6-4-10-2-1-7-24-10/h1-3,5,7-8,14H,4,6H2,(H,17,18)(H2,19,20,21)/p-2. The van der Waals surface area contributed by atoms with Gasteiger partial charge in [-0.15, -0.1) is 0 Å². The number of phosphoric ester groups is 1. The number of hydrogen-bond donors (Lipinski definition) is 1. The summed E-state index contributed by atoms with van der Waals surface area (Å²) in [5, 5.41) is 2.46. The molecule has 0 fully saturated rings. The average molecular weight is 471 g/mol. The van der Waals surface area contributed by atoms with Gasteiger partial charge in [-0.2, -0.15) is 0 Å². The summed E-state index contributed by atoms with van der Waals surface area (Å²) in [7, 11) is -5.45. The molecule has 2 rings (SSSR count). The van der Waals surface area contributed by atoms with E-state index >= 15 is 0 Å². The number of anilines is 1. The monoisotopic (exact) mass is 473 g/mol. The van der Waals surface area contributed by atoms with Crippen LogP contribution in [0.3, 0.4) is 0 Å². The van der Waals surface area contributed by atoms with E-state index in [0.717, 1.165) is 12.1 Å². The van der Waals surface area contributed by atoms with Crippen LogP contribution >= 0.6 is 7.82 Å². The molecular weight excluding hydrogens is 459 g/mol. The summed E-state index contributed by atoms with van der Waals surface area (Å²) in [5.41, 5.74) is -0.710. The Balaban J connectivity index is 2.06. The Bertz CT molecular complexity index is 748. The maximum atomic E-state index is 13.0. The number of hydrogen-bond acceptors (Lipinski definition) is 5. The molecule has 0 atom stereocenters. The quantitative estimate of drug-likeness (QED) is 0.487. The number of carbonyl (C=O) groups excluding carboxylic acids is 1. The van der Waals surface area contributed by atoms with Crippen LogP contribution in [0.5, 0.6) is 5.75 Å². The van der Waals surface area contributed by atoms with E-state index < -0.39 is 25.6 Å². The zero-order valence-corrected chi connectivity index (χ0v) is 15.3. The topological polar surface area (TPSA) is 102 Å². The van der Waals surface area contributed by atoms with Crippen molar-refractivity contribution in [1.29, 1.82) is 0 Å². The van der Waals surface area contributed by atoms with Crippen LogP contribution in [-0.4, -0.2) is 26.3 Å². The van der Waals surface area contributed by atoms with Crippen LogP contribution in [0.1, 0.15) is 22.0 Å². The number of nitrogens with one attached hydrogen (secondary N) is 1. The molecule has 10 heteroatoms. The number of amides is 1. The van der Waals surface area contributed by atoms with Crippen molar-refractivity contribution in [2.24, 2.45) is 0 Å². The van der Waals surface area contributed by atoms with Gasteiger partial charge in [0.1, 0.15) is 0 Å². The Morgan fingerprint density at radius 3 is 2.67 bits per heavy atom. The second-order valence-electron chi connectivity index (χ2n) is 4.72. The van der Waals surface area contributed by atoms with Gasteiger partial charge in [0.15, 0.2) is 0 Å². The van der Waals surface area contributed by atoms with Crippen molar-refractivity contribution in [2.45, 2.75) is 19.3 Å². The Hall–Kier alpha value is -1.23. The predicted octanol–water partition coefficient (Wildman–Crippen LogP) is 1.46. The van der Waals surface area contributed by atoms with Gasteiger partial charge in [-0.25, -0.2) is 0 Å². The molecule has 0 bridgehead atoms. The summed E-state index contributed by atoms with van der Waals surface area (Å²) in [4.78, 5) is 33.0. The molecule has 1 heterocycles. The van der Waals surface area contributed by atoms with Gasteiger partial charge in [0.2, 0.25) is 0 Å². The summed E-state index contributed by atoms with van der Waals surface area (Å²) in [6.07, 6.45) is -2.24. The predicted molar refractivity (Wildman–Crippen MR) is 80.0 cm³/mol. The molecule has 0 saturated heterocycles. The second-order valence-corrected chi connectivity index (χ2v) is 8.74. The fourth-order valence-electron chi connectivity index (χ4n) is 1.92. The molecule has 1 aromatic carbocycles. The van der Waals surface area contributed by atoms with Crippen molar-refractivity contribution in [1.82, 2.24) is 0 Å². The van der Waals surface area contributed by atoms with Crippen molar-refractivity contribution >= 4 is 39.8 Å². The first kappa shape index (κ1) is 19.1. The molecule has 0 spiro atoms. The number of alkyl halides is 2. The summed E-state index contributed by atoms with van der Waals surface area (Å²) in [5.74, 6) is -1.09. The molecule has 1 amide bonds. The van der Waals surface area contributed by atoms with Crippen LogP contribution in [0.4, 0.5) is 14.5 Å². The fourth-order valence-corrected chi connectivity index (χ4v) is 4.35. The third-order valence-electron chi connectivity index (χ3n) is 2.92. The van der Waals surface area contributed by atoms with E-state index in [0.29, 0.717) is 6.42 Å². The number of aryl methyl sites for hydroxylation is 1. The molecule has 1 aromatic heterocycles. The SMILES string of the molecule is O=C(CCc1ccc[te]1)Nc1ccc(OP(=O)([O-])[O-])c(C(F)F)c1. The van der Waals surface area contributed by atoms with Crippen LogP contribution in [0.25, 0.3) is 0 Å². The van der Waals surface area contributed by atoms with E-state index in [4.69, 9.17) is 0 Å². The second kappa shape index (κ2) is 8.23. The average Bonchev–Trinajstić information content (AvgIpc) is 2.98. The molecule has 1 N–H and O–H groups in total. The maximum absolute atomic E-state index is 13.0. The Labute approximate surface area is 146 Å². The minimum absolute atomic E-state index is 0.0734. The number of halogens is 2. The third-order valence-corrected chi connectivity index (χ3v) is 6.01. The van der Waals surface area contributed by atoms with Crippen molar-refractivity contribution in [3.05, 3.63) is 43.6 Å². The molecule has 24 heavy (non-hydrogen) atoms. The molecular formula is C14H12F2NO5PTe-2. The molecule has 0 radical (unpaired) electrons. The van der Waals surface area contributed by atoms with Gasteiger partial charge in [0, 0.05) is 0 Å². The Kier molecular flexibility index (Phi) is 6.55. The molecule has 2 aromatic rings. The normalized spacial score (nSPS) is 11.5. The van der Waals surface area contributed by atoms with Gasteiger partial charge >= 0.3 is 146 Å². The summed E-state index contributed by atoms with van der Waals surface area (Å²) < 4.78 is 43.9. The Morgan fingerprint density at radius 2 is 2.08 bits per heavy atom. The van der Waals surface area contributed by atoms with Gasteiger partial charge < -0.3 is 0 Å². The van der Waals surface area contributed by atoms with E-state index in [2.05, 4.69) is 13.9 Å². The molecule has 6 nitrogen and oxygen atoms in total. The van der Waals surface area contributed by atoms with Crippen molar-refractivity contribution in [3.63, 3.8) is 0 Å². The first-order valence-electron chi connectivity index (χ1n) is 6.70. The van der Waals surface area contributed by atoms with Gasteiger partial charge in [0.25, 0.3) is 0 Å². The minimum atomic E-state index is -5.45. The Morgan fingerprint density at radius 1 is 1.33 bits per heavy atom. The zero-order chi connectivity index (χ0) is 17.7. The van der Waals surface area contributed by atoms with E-state index in [1.165, 1.54) is 9.65 Å². The van der Waals surface area contributed by atoms with Crippen LogP contribution < -0.4 is 19.6 Å². The summed E-state index contributed by atoms with van der Waals surface area (Å²) >= 11 is -0.320. The first-order valence-corrected chi connectivity index (χ1v) is 10.7. The van der Waals surface area contributed by atoms with Crippen LogP contribution in [0.15, 0.2) is 34.4 Å². The first-order chi connectivity index (χ1) is 11.2. The molecule has 0 unspecified atom stereocenters. The number of benzene rings is 1. The van der Waals surface area contributed by atoms with Crippen LogP contribution in [0.2, 0.25) is 0 Å². The number of phosphoric acid groups is 1. The van der Waals surface area contributed by atoms with E-state index in [-0.39, 0.29) is 38.4 Å².